The molecule has 1 aromatic heterocycles. The number of carboxylic acid groups (broad SMARTS) is 1. The van der Waals surface area contributed by atoms with Crippen LogP contribution in [-0.2, 0) is 4.79 Å². The smallest absolute Gasteiger partial charge is 0.405 e. The molecular weight excluding hydrogens is 262 g/mol. The maximum Gasteiger partial charge on any atom is 0.405 e. The summed E-state index contributed by atoms with van der Waals surface area (Å²) in [5, 5.41) is 13.6. The summed E-state index contributed by atoms with van der Waals surface area (Å²) in [6, 6.07) is 2.45. The van der Waals surface area contributed by atoms with Gasteiger partial charge in [-0.05, 0) is 18.4 Å². The molecule has 110 valence electrons. The van der Waals surface area contributed by atoms with Crippen molar-refractivity contribution in [2.45, 2.75) is 26.3 Å². The summed E-state index contributed by atoms with van der Waals surface area (Å²) in [7, 11) is 1.50. The van der Waals surface area contributed by atoms with Gasteiger partial charge in [0.2, 0.25) is 11.8 Å². The van der Waals surface area contributed by atoms with Crippen molar-refractivity contribution in [2.75, 3.05) is 12.4 Å². The van der Waals surface area contributed by atoms with Crippen molar-refractivity contribution in [3.63, 3.8) is 0 Å². The van der Waals surface area contributed by atoms with E-state index in [4.69, 9.17) is 9.84 Å². The fourth-order valence-electron chi connectivity index (χ4n) is 1.66. The lowest BCUT2D eigenvalue weighted by molar-refractivity contribution is -0.118. The molecule has 20 heavy (non-hydrogen) atoms. The molecule has 7 nitrogen and oxygen atoms in total. The summed E-state index contributed by atoms with van der Waals surface area (Å²) in [5.41, 5.74) is 0.483. The van der Waals surface area contributed by atoms with Gasteiger partial charge in [0.05, 0.1) is 19.0 Å². The number of aromatic nitrogens is 1. The number of carbonyl (C=O) groups excluding carboxylic acids is 1. The molecule has 2 amide bonds. The Hall–Kier alpha value is -2.31. The SMILES string of the molecule is COc1ccc(NC(=O)[C@H](CC(C)C)NC(=O)O)cn1. The number of ether oxygens (including phenoxy) is 1. The monoisotopic (exact) mass is 281 g/mol. The lowest BCUT2D eigenvalue weighted by Crippen LogP contribution is -2.44. The Bertz CT molecular complexity index is 459. The van der Waals surface area contributed by atoms with Crippen LogP contribution < -0.4 is 15.4 Å². The highest BCUT2D eigenvalue weighted by Crippen LogP contribution is 2.13. The van der Waals surface area contributed by atoms with Gasteiger partial charge in [-0.15, -0.1) is 0 Å². The average Bonchev–Trinajstić information content (AvgIpc) is 2.37. The van der Waals surface area contributed by atoms with Crippen LogP contribution in [0.15, 0.2) is 18.3 Å². The highest BCUT2D eigenvalue weighted by atomic mass is 16.5. The Balaban J connectivity index is 2.70. The molecule has 0 fully saturated rings. The van der Waals surface area contributed by atoms with Crippen molar-refractivity contribution in [2.24, 2.45) is 5.92 Å². The molecule has 0 aliphatic heterocycles. The number of rotatable bonds is 6. The zero-order valence-electron chi connectivity index (χ0n) is 11.7. The zero-order valence-corrected chi connectivity index (χ0v) is 11.7. The van der Waals surface area contributed by atoms with Gasteiger partial charge in [-0.25, -0.2) is 9.78 Å². The highest BCUT2D eigenvalue weighted by Gasteiger charge is 2.21. The molecule has 0 unspecified atom stereocenters. The Morgan fingerprint density at radius 3 is 2.55 bits per heavy atom. The molecule has 1 atom stereocenters. The summed E-state index contributed by atoms with van der Waals surface area (Å²) in [5.74, 6) is 0.213. The predicted octanol–water partition coefficient (Wildman–Crippen LogP) is 1.71. The Morgan fingerprint density at radius 2 is 2.10 bits per heavy atom. The van der Waals surface area contributed by atoms with Gasteiger partial charge < -0.3 is 20.5 Å². The van der Waals surface area contributed by atoms with E-state index in [-0.39, 0.29) is 5.92 Å². The minimum Gasteiger partial charge on any atom is -0.481 e. The van der Waals surface area contributed by atoms with Gasteiger partial charge in [0.15, 0.2) is 0 Å². The van der Waals surface area contributed by atoms with Crippen LogP contribution in [-0.4, -0.2) is 35.2 Å². The minimum atomic E-state index is -1.22. The number of nitrogens with zero attached hydrogens (tertiary/aromatic N) is 1. The molecule has 0 aliphatic rings. The van der Waals surface area contributed by atoms with Gasteiger partial charge in [-0.2, -0.15) is 0 Å². The number of hydrogen-bond donors (Lipinski definition) is 3. The molecule has 0 radical (unpaired) electrons. The van der Waals surface area contributed by atoms with Gasteiger partial charge in [-0.3, -0.25) is 4.79 Å². The quantitative estimate of drug-likeness (QED) is 0.737. The Kier molecular flexibility index (Phi) is 5.76. The van der Waals surface area contributed by atoms with E-state index in [0.717, 1.165) is 0 Å². The topological polar surface area (TPSA) is 101 Å². The molecule has 3 N–H and O–H groups in total. The summed E-state index contributed by atoms with van der Waals surface area (Å²) >= 11 is 0. The van der Waals surface area contributed by atoms with Crippen LogP contribution >= 0.6 is 0 Å². The summed E-state index contributed by atoms with van der Waals surface area (Å²) < 4.78 is 4.91. The predicted molar refractivity (Wildman–Crippen MR) is 73.8 cm³/mol. The van der Waals surface area contributed by atoms with Crippen LogP contribution in [0, 0.1) is 5.92 Å². The molecule has 0 aliphatic carbocycles. The van der Waals surface area contributed by atoms with E-state index >= 15 is 0 Å². The third-order valence-electron chi connectivity index (χ3n) is 2.53. The molecular formula is C13H19N3O4. The second kappa shape index (κ2) is 7.32. The van der Waals surface area contributed by atoms with Crippen LogP contribution in [0.4, 0.5) is 10.5 Å². The second-order valence-corrected chi connectivity index (χ2v) is 4.71. The number of amides is 2. The summed E-state index contributed by atoms with van der Waals surface area (Å²) in [6.45, 7) is 3.83. The number of hydrogen-bond acceptors (Lipinski definition) is 4. The molecule has 0 saturated heterocycles. The van der Waals surface area contributed by atoms with Crippen molar-refractivity contribution in [3.8, 4) is 5.88 Å². The number of carbonyl (C=O) groups is 2. The molecule has 1 rings (SSSR count). The summed E-state index contributed by atoms with van der Waals surface area (Å²) in [4.78, 5) is 26.7. The Morgan fingerprint density at radius 1 is 1.40 bits per heavy atom. The van der Waals surface area contributed by atoms with Crippen molar-refractivity contribution >= 4 is 17.7 Å². The van der Waals surface area contributed by atoms with E-state index in [1.165, 1.54) is 13.3 Å². The fraction of sp³-hybridized carbons (Fsp3) is 0.462. The highest BCUT2D eigenvalue weighted by molar-refractivity contribution is 5.96. The zero-order chi connectivity index (χ0) is 15.1. The summed E-state index contributed by atoms with van der Waals surface area (Å²) in [6.07, 6.45) is 0.643. The molecule has 0 saturated carbocycles. The van der Waals surface area contributed by atoms with Crippen LogP contribution in [0.3, 0.4) is 0 Å². The third kappa shape index (κ3) is 5.13. The van der Waals surface area contributed by atoms with Gasteiger partial charge in [-0.1, -0.05) is 13.8 Å². The van der Waals surface area contributed by atoms with E-state index in [9.17, 15) is 9.59 Å². The van der Waals surface area contributed by atoms with Gasteiger partial charge in [0.1, 0.15) is 6.04 Å². The molecule has 1 heterocycles. The standard InChI is InChI=1S/C13H19N3O4/c1-8(2)6-10(16-13(18)19)12(17)15-9-4-5-11(20-3)14-7-9/h4-5,7-8,10,16H,6H2,1-3H3,(H,15,17)(H,18,19)/t10-/m0/s1. The van der Waals surface area contributed by atoms with Crippen LogP contribution in [0.5, 0.6) is 5.88 Å². The van der Waals surface area contributed by atoms with Crippen molar-refractivity contribution in [3.05, 3.63) is 18.3 Å². The van der Waals surface area contributed by atoms with E-state index in [0.29, 0.717) is 18.0 Å². The first-order valence-corrected chi connectivity index (χ1v) is 6.22. The number of methoxy groups -OCH3 is 1. The first kappa shape index (κ1) is 15.7. The van der Waals surface area contributed by atoms with E-state index in [1.54, 1.807) is 12.1 Å². The van der Waals surface area contributed by atoms with E-state index < -0.39 is 18.0 Å². The van der Waals surface area contributed by atoms with Gasteiger partial charge in [0.25, 0.3) is 0 Å². The van der Waals surface area contributed by atoms with E-state index in [2.05, 4.69) is 15.6 Å². The number of nitrogens with one attached hydrogen (secondary N) is 2. The first-order chi connectivity index (χ1) is 9.42. The number of anilines is 1. The average molecular weight is 281 g/mol. The van der Waals surface area contributed by atoms with Gasteiger partial charge >= 0.3 is 6.09 Å². The van der Waals surface area contributed by atoms with Crippen molar-refractivity contribution in [1.82, 2.24) is 10.3 Å². The van der Waals surface area contributed by atoms with Crippen molar-refractivity contribution < 1.29 is 19.4 Å². The molecule has 1 aromatic rings. The van der Waals surface area contributed by atoms with Crippen LogP contribution in [0.2, 0.25) is 0 Å². The fourth-order valence-corrected chi connectivity index (χ4v) is 1.66. The maximum absolute atomic E-state index is 12.0. The number of pyridine rings is 1. The maximum atomic E-state index is 12.0. The molecule has 0 aromatic carbocycles. The molecule has 0 spiro atoms. The van der Waals surface area contributed by atoms with Crippen molar-refractivity contribution in [1.29, 1.82) is 0 Å². The Labute approximate surface area is 117 Å². The van der Waals surface area contributed by atoms with Crippen LogP contribution in [0.1, 0.15) is 20.3 Å². The lowest BCUT2D eigenvalue weighted by atomic mass is 10.0. The molecule has 7 heteroatoms. The van der Waals surface area contributed by atoms with Crippen LogP contribution in [0.25, 0.3) is 0 Å². The van der Waals surface area contributed by atoms with E-state index in [1.807, 2.05) is 13.8 Å². The normalized spacial score (nSPS) is 11.8. The first-order valence-electron chi connectivity index (χ1n) is 6.22. The molecule has 0 bridgehead atoms. The minimum absolute atomic E-state index is 0.187. The largest absolute Gasteiger partial charge is 0.481 e. The lowest BCUT2D eigenvalue weighted by Gasteiger charge is -2.18. The third-order valence-corrected chi connectivity index (χ3v) is 2.53. The second-order valence-electron chi connectivity index (χ2n) is 4.71. The van der Waals surface area contributed by atoms with Gasteiger partial charge in [0, 0.05) is 6.07 Å².